The topological polar surface area (TPSA) is 26.3 Å². The van der Waals surface area contributed by atoms with Crippen molar-refractivity contribution in [1.29, 1.82) is 0 Å². The van der Waals surface area contributed by atoms with Crippen LogP contribution in [0.2, 0.25) is 0 Å². The van der Waals surface area contributed by atoms with Gasteiger partial charge >= 0.3 is 5.97 Å². The Kier molecular flexibility index (Phi) is 4.73. The van der Waals surface area contributed by atoms with Crippen molar-refractivity contribution in [3.05, 3.63) is 60.2 Å². The van der Waals surface area contributed by atoms with Gasteiger partial charge in [0, 0.05) is 0 Å². The number of esters is 1. The normalized spacial score (nSPS) is 10.2. The third-order valence-corrected chi connectivity index (χ3v) is 2.96. The first-order chi connectivity index (χ1) is 9.33. The number of carbonyl (C=O) groups is 1. The lowest BCUT2D eigenvalue weighted by Crippen LogP contribution is -2.07. The highest BCUT2D eigenvalue weighted by molar-refractivity contribution is 5.97. The zero-order valence-corrected chi connectivity index (χ0v) is 11.1. The third-order valence-electron chi connectivity index (χ3n) is 2.96. The molecular weight excluding hydrogens is 236 g/mol. The van der Waals surface area contributed by atoms with E-state index in [-0.39, 0.29) is 5.97 Å². The van der Waals surface area contributed by atoms with Crippen LogP contribution in [0.15, 0.2) is 54.6 Å². The number of rotatable bonds is 5. The summed E-state index contributed by atoms with van der Waals surface area (Å²) in [5.74, 6) is -0.243. The fourth-order valence-corrected chi connectivity index (χ4v) is 1.92. The van der Waals surface area contributed by atoms with E-state index in [1.165, 1.54) is 0 Å². The molecule has 0 bridgehead atoms. The Hall–Kier alpha value is -2.09. The van der Waals surface area contributed by atoms with Crippen molar-refractivity contribution in [3.63, 3.8) is 0 Å². The maximum atomic E-state index is 12.1. The van der Waals surface area contributed by atoms with Crippen LogP contribution in [0.4, 0.5) is 0 Å². The summed E-state index contributed by atoms with van der Waals surface area (Å²) in [6.45, 7) is 2.56. The summed E-state index contributed by atoms with van der Waals surface area (Å²) >= 11 is 0. The van der Waals surface area contributed by atoms with E-state index in [0.29, 0.717) is 12.2 Å². The predicted octanol–water partition coefficient (Wildman–Crippen LogP) is 4.31. The van der Waals surface area contributed by atoms with E-state index >= 15 is 0 Å². The molecule has 0 spiro atoms. The molecule has 0 aliphatic rings. The van der Waals surface area contributed by atoms with Crippen molar-refractivity contribution < 1.29 is 9.53 Å². The molecule has 0 saturated heterocycles. The molecule has 0 N–H and O–H groups in total. The molecular formula is C17H18O2. The number of hydrogen-bond acceptors (Lipinski definition) is 2. The Labute approximate surface area is 114 Å². The molecule has 0 atom stereocenters. The van der Waals surface area contributed by atoms with Gasteiger partial charge in [-0.25, -0.2) is 4.79 Å². The molecule has 0 aliphatic carbocycles. The van der Waals surface area contributed by atoms with Crippen molar-refractivity contribution >= 4 is 5.97 Å². The van der Waals surface area contributed by atoms with Gasteiger partial charge in [0.15, 0.2) is 0 Å². The van der Waals surface area contributed by atoms with Gasteiger partial charge in [0.2, 0.25) is 0 Å². The maximum Gasteiger partial charge on any atom is 0.338 e. The first-order valence-electron chi connectivity index (χ1n) is 6.64. The SMILES string of the molecule is CCCCOC(=O)c1ccccc1-c1ccccc1. The van der Waals surface area contributed by atoms with E-state index in [9.17, 15) is 4.79 Å². The first-order valence-corrected chi connectivity index (χ1v) is 6.64. The minimum absolute atomic E-state index is 0.243. The molecule has 2 aromatic rings. The van der Waals surface area contributed by atoms with Crippen LogP contribution in [-0.4, -0.2) is 12.6 Å². The molecule has 0 saturated carbocycles. The second-order valence-electron chi connectivity index (χ2n) is 4.40. The Morgan fingerprint density at radius 2 is 1.68 bits per heavy atom. The Bertz CT molecular complexity index is 532. The highest BCUT2D eigenvalue weighted by atomic mass is 16.5. The molecule has 0 unspecified atom stereocenters. The molecule has 98 valence electrons. The lowest BCUT2D eigenvalue weighted by Gasteiger charge is -2.09. The van der Waals surface area contributed by atoms with Crippen molar-refractivity contribution in [2.45, 2.75) is 19.8 Å². The largest absolute Gasteiger partial charge is 0.462 e. The molecule has 0 amide bonds. The van der Waals surface area contributed by atoms with Gasteiger partial charge in [-0.15, -0.1) is 0 Å². The van der Waals surface area contributed by atoms with E-state index in [1.807, 2.05) is 54.6 Å². The molecule has 2 nitrogen and oxygen atoms in total. The standard InChI is InChI=1S/C17H18O2/c1-2-3-13-19-17(18)16-12-8-7-11-15(16)14-9-5-4-6-10-14/h4-12H,2-3,13H2,1H3. The average Bonchev–Trinajstić information content (AvgIpc) is 2.48. The summed E-state index contributed by atoms with van der Waals surface area (Å²) in [6.07, 6.45) is 1.92. The van der Waals surface area contributed by atoms with Crippen LogP contribution in [0.25, 0.3) is 11.1 Å². The summed E-state index contributed by atoms with van der Waals surface area (Å²) < 4.78 is 5.29. The van der Waals surface area contributed by atoms with E-state index in [2.05, 4.69) is 6.92 Å². The fourth-order valence-electron chi connectivity index (χ4n) is 1.92. The number of ether oxygens (including phenoxy) is 1. The first kappa shape index (κ1) is 13.3. The summed E-state index contributed by atoms with van der Waals surface area (Å²) in [4.78, 5) is 12.1. The van der Waals surface area contributed by atoms with E-state index in [0.717, 1.165) is 24.0 Å². The van der Waals surface area contributed by atoms with Gasteiger partial charge in [-0.2, -0.15) is 0 Å². The number of hydrogen-bond donors (Lipinski definition) is 0. The molecule has 0 heterocycles. The van der Waals surface area contributed by atoms with E-state index in [4.69, 9.17) is 4.74 Å². The van der Waals surface area contributed by atoms with Crippen LogP contribution in [0.1, 0.15) is 30.1 Å². The Balaban J connectivity index is 2.24. The van der Waals surface area contributed by atoms with Crippen molar-refractivity contribution in [2.24, 2.45) is 0 Å². The smallest absolute Gasteiger partial charge is 0.338 e. The molecule has 2 aromatic carbocycles. The van der Waals surface area contributed by atoms with Crippen LogP contribution in [-0.2, 0) is 4.74 Å². The van der Waals surface area contributed by atoms with Gasteiger partial charge in [0.1, 0.15) is 0 Å². The monoisotopic (exact) mass is 254 g/mol. The quantitative estimate of drug-likeness (QED) is 0.587. The second-order valence-corrected chi connectivity index (χ2v) is 4.40. The highest BCUT2D eigenvalue weighted by Crippen LogP contribution is 2.23. The van der Waals surface area contributed by atoms with Gasteiger partial charge in [-0.05, 0) is 23.6 Å². The van der Waals surface area contributed by atoms with Crippen LogP contribution in [0, 0.1) is 0 Å². The van der Waals surface area contributed by atoms with Crippen LogP contribution < -0.4 is 0 Å². The van der Waals surface area contributed by atoms with Crippen LogP contribution >= 0.6 is 0 Å². The molecule has 0 fully saturated rings. The lowest BCUT2D eigenvalue weighted by molar-refractivity contribution is 0.0500. The van der Waals surface area contributed by atoms with Crippen LogP contribution in [0.3, 0.4) is 0 Å². The van der Waals surface area contributed by atoms with Gasteiger partial charge in [0.25, 0.3) is 0 Å². The summed E-state index contributed by atoms with van der Waals surface area (Å²) in [5.41, 5.74) is 2.58. The molecule has 19 heavy (non-hydrogen) atoms. The van der Waals surface area contributed by atoms with Crippen molar-refractivity contribution in [3.8, 4) is 11.1 Å². The number of carbonyl (C=O) groups excluding carboxylic acids is 1. The minimum Gasteiger partial charge on any atom is -0.462 e. The summed E-state index contributed by atoms with van der Waals surface area (Å²) in [5, 5.41) is 0. The van der Waals surface area contributed by atoms with E-state index in [1.54, 1.807) is 0 Å². The average molecular weight is 254 g/mol. The Morgan fingerprint density at radius 3 is 2.42 bits per heavy atom. The summed E-state index contributed by atoms with van der Waals surface area (Å²) in [7, 11) is 0. The summed E-state index contributed by atoms with van der Waals surface area (Å²) in [6, 6.07) is 17.5. The van der Waals surface area contributed by atoms with Gasteiger partial charge in [-0.3, -0.25) is 0 Å². The molecule has 0 aliphatic heterocycles. The predicted molar refractivity (Wildman–Crippen MR) is 77.1 cm³/mol. The maximum absolute atomic E-state index is 12.1. The van der Waals surface area contributed by atoms with E-state index < -0.39 is 0 Å². The zero-order valence-electron chi connectivity index (χ0n) is 11.1. The fraction of sp³-hybridized carbons (Fsp3) is 0.235. The molecule has 2 rings (SSSR count). The lowest BCUT2D eigenvalue weighted by atomic mass is 10.00. The number of unbranched alkanes of at least 4 members (excludes halogenated alkanes) is 1. The van der Waals surface area contributed by atoms with Crippen molar-refractivity contribution in [1.82, 2.24) is 0 Å². The zero-order chi connectivity index (χ0) is 13.5. The van der Waals surface area contributed by atoms with Gasteiger partial charge in [-0.1, -0.05) is 61.9 Å². The van der Waals surface area contributed by atoms with Crippen molar-refractivity contribution in [2.75, 3.05) is 6.61 Å². The van der Waals surface area contributed by atoms with Crippen LogP contribution in [0.5, 0.6) is 0 Å². The molecule has 2 heteroatoms. The molecule has 0 radical (unpaired) electrons. The Morgan fingerprint density at radius 1 is 1.00 bits per heavy atom. The second kappa shape index (κ2) is 6.74. The van der Waals surface area contributed by atoms with Gasteiger partial charge in [0.05, 0.1) is 12.2 Å². The minimum atomic E-state index is -0.243. The third kappa shape index (κ3) is 3.44. The molecule has 0 aromatic heterocycles. The highest BCUT2D eigenvalue weighted by Gasteiger charge is 2.12. The van der Waals surface area contributed by atoms with Gasteiger partial charge < -0.3 is 4.74 Å². The number of benzene rings is 2.